The van der Waals surface area contributed by atoms with Crippen LogP contribution in [0.5, 0.6) is 0 Å². The molecule has 1 heterocycles. The molecular formula is C13H8F2N2. The van der Waals surface area contributed by atoms with Crippen molar-refractivity contribution in [3.05, 3.63) is 54.1 Å². The number of fused-ring (bicyclic) bond motifs is 1. The number of benzene rings is 2. The van der Waals surface area contributed by atoms with Crippen LogP contribution in [0, 0.1) is 11.6 Å². The van der Waals surface area contributed by atoms with Gasteiger partial charge < -0.3 is 0 Å². The first-order valence-corrected chi connectivity index (χ1v) is 5.14. The van der Waals surface area contributed by atoms with Crippen molar-refractivity contribution in [2.45, 2.75) is 0 Å². The molecule has 0 aliphatic heterocycles. The SMILES string of the molecule is Fc1cccc(-c2n[nH]c3cccc(F)c23)c1. The van der Waals surface area contributed by atoms with Gasteiger partial charge in [-0.2, -0.15) is 5.10 Å². The number of nitrogens with zero attached hydrogens (tertiary/aromatic N) is 1. The number of hydrogen-bond donors (Lipinski definition) is 1. The molecule has 1 N–H and O–H groups in total. The fraction of sp³-hybridized carbons (Fsp3) is 0. The number of hydrogen-bond acceptors (Lipinski definition) is 1. The van der Waals surface area contributed by atoms with Crippen LogP contribution in [0.2, 0.25) is 0 Å². The molecule has 84 valence electrons. The summed E-state index contributed by atoms with van der Waals surface area (Å²) in [4.78, 5) is 0. The van der Waals surface area contributed by atoms with Crippen molar-refractivity contribution in [2.24, 2.45) is 0 Å². The molecule has 0 aliphatic carbocycles. The third-order valence-corrected chi connectivity index (χ3v) is 2.64. The molecule has 0 spiro atoms. The van der Waals surface area contributed by atoms with Crippen LogP contribution in [0.4, 0.5) is 8.78 Å². The van der Waals surface area contributed by atoms with Crippen LogP contribution in [-0.2, 0) is 0 Å². The highest BCUT2D eigenvalue weighted by molar-refractivity contribution is 5.93. The third-order valence-electron chi connectivity index (χ3n) is 2.64. The number of nitrogens with one attached hydrogen (secondary N) is 1. The molecule has 3 rings (SSSR count). The van der Waals surface area contributed by atoms with E-state index in [1.165, 1.54) is 18.2 Å². The predicted molar refractivity (Wildman–Crippen MR) is 61.4 cm³/mol. The van der Waals surface area contributed by atoms with Crippen molar-refractivity contribution in [2.75, 3.05) is 0 Å². The highest BCUT2D eigenvalue weighted by Gasteiger charge is 2.12. The normalized spacial score (nSPS) is 10.9. The molecule has 0 amide bonds. The van der Waals surface area contributed by atoms with Gasteiger partial charge in [0.1, 0.15) is 17.3 Å². The maximum absolute atomic E-state index is 13.7. The van der Waals surface area contributed by atoms with Crippen molar-refractivity contribution < 1.29 is 8.78 Å². The fourth-order valence-corrected chi connectivity index (χ4v) is 1.87. The molecule has 0 unspecified atom stereocenters. The van der Waals surface area contributed by atoms with Gasteiger partial charge in [0.05, 0.1) is 10.9 Å². The number of halogens is 2. The number of rotatable bonds is 1. The van der Waals surface area contributed by atoms with E-state index < -0.39 is 0 Å². The van der Waals surface area contributed by atoms with Gasteiger partial charge in [0.15, 0.2) is 0 Å². The molecule has 0 aliphatic rings. The summed E-state index contributed by atoms with van der Waals surface area (Å²) < 4.78 is 26.8. The van der Waals surface area contributed by atoms with Crippen LogP contribution in [0.15, 0.2) is 42.5 Å². The largest absolute Gasteiger partial charge is 0.277 e. The molecule has 0 bridgehead atoms. The fourth-order valence-electron chi connectivity index (χ4n) is 1.87. The van der Waals surface area contributed by atoms with E-state index in [0.717, 1.165) is 0 Å². The zero-order valence-corrected chi connectivity index (χ0v) is 8.74. The van der Waals surface area contributed by atoms with Crippen LogP contribution in [0.25, 0.3) is 22.2 Å². The average Bonchev–Trinajstić information content (AvgIpc) is 2.74. The van der Waals surface area contributed by atoms with Gasteiger partial charge in [-0.05, 0) is 24.3 Å². The number of aromatic amines is 1. The summed E-state index contributed by atoms with van der Waals surface area (Å²) in [6, 6.07) is 10.6. The summed E-state index contributed by atoms with van der Waals surface area (Å²) in [5.41, 5.74) is 1.59. The topological polar surface area (TPSA) is 28.7 Å². The highest BCUT2D eigenvalue weighted by Crippen LogP contribution is 2.28. The van der Waals surface area contributed by atoms with Crippen LogP contribution in [0.1, 0.15) is 0 Å². The summed E-state index contributed by atoms with van der Waals surface area (Å²) in [7, 11) is 0. The first kappa shape index (κ1) is 9.96. The minimum absolute atomic E-state index is 0.365. The van der Waals surface area contributed by atoms with E-state index in [1.54, 1.807) is 24.3 Å². The Hall–Kier alpha value is -2.23. The van der Waals surface area contributed by atoms with Gasteiger partial charge >= 0.3 is 0 Å². The molecule has 0 radical (unpaired) electrons. The van der Waals surface area contributed by atoms with E-state index in [0.29, 0.717) is 22.2 Å². The summed E-state index contributed by atoms with van der Waals surface area (Å²) in [6.45, 7) is 0. The molecule has 0 atom stereocenters. The summed E-state index contributed by atoms with van der Waals surface area (Å²) in [5.74, 6) is -0.731. The van der Waals surface area contributed by atoms with Crippen LogP contribution in [-0.4, -0.2) is 10.2 Å². The van der Waals surface area contributed by atoms with Crippen molar-refractivity contribution in [1.82, 2.24) is 10.2 Å². The Morgan fingerprint density at radius 1 is 1.00 bits per heavy atom. The molecule has 0 saturated heterocycles. The zero-order chi connectivity index (χ0) is 11.8. The molecule has 0 saturated carbocycles. The predicted octanol–water partition coefficient (Wildman–Crippen LogP) is 3.51. The Labute approximate surface area is 95.9 Å². The molecule has 2 aromatic carbocycles. The number of aromatic nitrogens is 2. The molecule has 17 heavy (non-hydrogen) atoms. The molecule has 2 nitrogen and oxygen atoms in total. The minimum atomic E-state index is -0.366. The van der Waals surface area contributed by atoms with Crippen molar-refractivity contribution >= 4 is 10.9 Å². The second-order valence-electron chi connectivity index (χ2n) is 3.74. The molecule has 3 aromatic rings. The van der Waals surface area contributed by atoms with Gasteiger partial charge in [0, 0.05) is 5.56 Å². The summed E-state index contributed by atoms with van der Waals surface area (Å²) in [6.07, 6.45) is 0. The monoisotopic (exact) mass is 230 g/mol. The first-order chi connectivity index (χ1) is 8.25. The van der Waals surface area contributed by atoms with E-state index in [9.17, 15) is 8.78 Å². The lowest BCUT2D eigenvalue weighted by Gasteiger charge is -1.98. The Kier molecular flexibility index (Phi) is 2.14. The van der Waals surface area contributed by atoms with E-state index >= 15 is 0 Å². The van der Waals surface area contributed by atoms with Crippen molar-refractivity contribution in [3.63, 3.8) is 0 Å². The lowest BCUT2D eigenvalue weighted by atomic mass is 10.1. The van der Waals surface area contributed by atoms with Gasteiger partial charge in [-0.25, -0.2) is 8.78 Å². The van der Waals surface area contributed by atoms with Gasteiger partial charge in [0.25, 0.3) is 0 Å². The quantitative estimate of drug-likeness (QED) is 0.680. The van der Waals surface area contributed by atoms with Gasteiger partial charge in [-0.3, -0.25) is 5.10 Å². The lowest BCUT2D eigenvalue weighted by molar-refractivity contribution is 0.628. The van der Waals surface area contributed by atoms with Crippen LogP contribution >= 0.6 is 0 Å². The van der Waals surface area contributed by atoms with E-state index in [4.69, 9.17) is 0 Å². The Morgan fingerprint density at radius 3 is 2.65 bits per heavy atom. The molecule has 0 fully saturated rings. The van der Waals surface area contributed by atoms with Gasteiger partial charge in [0.2, 0.25) is 0 Å². The first-order valence-electron chi connectivity index (χ1n) is 5.14. The molecule has 4 heteroatoms. The zero-order valence-electron chi connectivity index (χ0n) is 8.74. The second-order valence-corrected chi connectivity index (χ2v) is 3.74. The third kappa shape index (κ3) is 1.58. The standard InChI is InChI=1S/C13H8F2N2/c14-9-4-1-3-8(7-9)13-12-10(15)5-2-6-11(12)16-17-13/h1-7H,(H,16,17). The maximum atomic E-state index is 13.7. The molecule has 1 aromatic heterocycles. The highest BCUT2D eigenvalue weighted by atomic mass is 19.1. The van der Waals surface area contributed by atoms with Crippen LogP contribution < -0.4 is 0 Å². The van der Waals surface area contributed by atoms with Gasteiger partial charge in [-0.1, -0.05) is 18.2 Å². The second kappa shape index (κ2) is 3.66. The minimum Gasteiger partial charge on any atom is -0.277 e. The lowest BCUT2D eigenvalue weighted by Crippen LogP contribution is -1.83. The van der Waals surface area contributed by atoms with Crippen molar-refractivity contribution in [1.29, 1.82) is 0 Å². The number of H-pyrrole nitrogens is 1. The van der Waals surface area contributed by atoms with Gasteiger partial charge in [-0.15, -0.1) is 0 Å². The summed E-state index contributed by atoms with van der Waals surface area (Å²) in [5, 5.41) is 7.16. The van der Waals surface area contributed by atoms with Crippen molar-refractivity contribution in [3.8, 4) is 11.3 Å². The van der Waals surface area contributed by atoms with E-state index in [1.807, 2.05) is 0 Å². The van der Waals surface area contributed by atoms with E-state index in [-0.39, 0.29) is 11.6 Å². The maximum Gasteiger partial charge on any atom is 0.134 e. The smallest absolute Gasteiger partial charge is 0.134 e. The molecular weight excluding hydrogens is 222 g/mol. The summed E-state index contributed by atoms with van der Waals surface area (Å²) >= 11 is 0. The van der Waals surface area contributed by atoms with Crippen LogP contribution in [0.3, 0.4) is 0 Å². The average molecular weight is 230 g/mol. The Bertz CT molecular complexity index is 689. The Morgan fingerprint density at radius 2 is 1.82 bits per heavy atom. The van der Waals surface area contributed by atoms with E-state index in [2.05, 4.69) is 10.2 Å². The Balaban J connectivity index is 2.31.